The monoisotopic (exact) mass is 310 g/mol. The van der Waals surface area contributed by atoms with E-state index in [1.165, 1.54) is 36.8 Å². The van der Waals surface area contributed by atoms with Gasteiger partial charge in [0.05, 0.1) is 5.92 Å². The molecule has 122 valence electrons. The van der Waals surface area contributed by atoms with Crippen LogP contribution in [-0.2, 0) is 11.2 Å². The largest absolute Gasteiger partial charge is 0.481 e. The highest BCUT2D eigenvalue weighted by atomic mass is 16.4. The van der Waals surface area contributed by atoms with Crippen molar-refractivity contribution in [3.8, 4) is 0 Å². The van der Waals surface area contributed by atoms with Crippen LogP contribution < -0.4 is 0 Å². The van der Waals surface area contributed by atoms with Crippen LogP contribution in [0.4, 0.5) is 0 Å². The molecule has 0 aromatic heterocycles. The highest BCUT2D eigenvalue weighted by Gasteiger charge is 2.48. The smallest absolute Gasteiger partial charge is 0.310 e. The van der Waals surface area contributed by atoms with Crippen molar-refractivity contribution < 1.29 is 9.90 Å². The SMILES string of the molecule is CC(C(=O)O)c1ccc2c(c1)CC[C@@H]1[C@@H]2CC[C@]2(C)C=CC[C@@H]12. The topological polar surface area (TPSA) is 37.3 Å². The molecule has 0 radical (unpaired) electrons. The molecule has 1 saturated carbocycles. The van der Waals surface area contributed by atoms with E-state index >= 15 is 0 Å². The molecular weight excluding hydrogens is 284 g/mol. The third-order valence-electron chi connectivity index (χ3n) is 6.95. The summed E-state index contributed by atoms with van der Waals surface area (Å²) < 4.78 is 0. The minimum atomic E-state index is -0.732. The van der Waals surface area contributed by atoms with E-state index in [1.54, 1.807) is 6.92 Å². The lowest BCUT2D eigenvalue weighted by Gasteiger charge is -2.49. The quantitative estimate of drug-likeness (QED) is 0.789. The number of aliphatic carboxylic acids is 1. The fourth-order valence-electron chi connectivity index (χ4n) is 5.50. The molecule has 0 amide bonds. The maximum atomic E-state index is 11.2. The van der Waals surface area contributed by atoms with Crippen molar-refractivity contribution in [1.82, 2.24) is 0 Å². The number of hydrogen-bond donors (Lipinski definition) is 1. The molecule has 0 saturated heterocycles. The van der Waals surface area contributed by atoms with E-state index in [4.69, 9.17) is 0 Å². The fraction of sp³-hybridized carbons (Fsp3) is 0.571. The first-order valence-corrected chi connectivity index (χ1v) is 9.03. The van der Waals surface area contributed by atoms with Gasteiger partial charge in [0.15, 0.2) is 0 Å². The minimum Gasteiger partial charge on any atom is -0.481 e. The molecule has 0 heterocycles. The van der Waals surface area contributed by atoms with Crippen molar-refractivity contribution >= 4 is 5.97 Å². The van der Waals surface area contributed by atoms with Crippen LogP contribution in [0.2, 0.25) is 0 Å². The number of rotatable bonds is 2. The van der Waals surface area contributed by atoms with Crippen LogP contribution in [0.5, 0.6) is 0 Å². The van der Waals surface area contributed by atoms with E-state index in [-0.39, 0.29) is 0 Å². The standard InChI is InChI=1S/C21H26O2/c1-13(20(22)23)14-5-7-16-15(12-14)6-8-18-17(16)9-11-21(2)10-3-4-19(18)21/h3,5,7,10,12-13,17-19H,4,6,8-9,11H2,1-2H3,(H,22,23)/t13?,17-,18-,19+,21+/m1/s1. The number of allylic oxidation sites excluding steroid dienone is 2. The maximum absolute atomic E-state index is 11.2. The van der Waals surface area contributed by atoms with Gasteiger partial charge < -0.3 is 5.11 Å². The molecule has 0 aliphatic heterocycles. The van der Waals surface area contributed by atoms with E-state index in [2.05, 4.69) is 37.3 Å². The van der Waals surface area contributed by atoms with Crippen LogP contribution in [0.15, 0.2) is 30.4 Å². The Hall–Kier alpha value is -1.57. The average Bonchev–Trinajstić information content (AvgIpc) is 2.95. The lowest BCUT2D eigenvalue weighted by atomic mass is 9.55. The van der Waals surface area contributed by atoms with Gasteiger partial charge in [-0.25, -0.2) is 0 Å². The number of aryl methyl sites for hydroxylation is 1. The number of carbonyl (C=O) groups is 1. The molecule has 1 fully saturated rings. The second kappa shape index (κ2) is 5.22. The van der Waals surface area contributed by atoms with Gasteiger partial charge in [-0.3, -0.25) is 4.79 Å². The third-order valence-corrected chi connectivity index (χ3v) is 6.95. The first kappa shape index (κ1) is 15.0. The maximum Gasteiger partial charge on any atom is 0.310 e. The molecule has 0 spiro atoms. The molecule has 1 unspecified atom stereocenters. The van der Waals surface area contributed by atoms with Crippen molar-refractivity contribution in [1.29, 1.82) is 0 Å². The molecule has 3 aliphatic carbocycles. The van der Waals surface area contributed by atoms with Gasteiger partial charge >= 0.3 is 5.97 Å². The Labute approximate surface area is 138 Å². The van der Waals surface area contributed by atoms with Gasteiger partial charge in [0.1, 0.15) is 0 Å². The lowest BCUT2D eigenvalue weighted by molar-refractivity contribution is -0.138. The van der Waals surface area contributed by atoms with E-state index in [9.17, 15) is 9.90 Å². The van der Waals surface area contributed by atoms with E-state index in [0.29, 0.717) is 11.3 Å². The van der Waals surface area contributed by atoms with Crippen molar-refractivity contribution in [2.24, 2.45) is 17.3 Å². The number of carboxylic acids is 1. The summed E-state index contributed by atoms with van der Waals surface area (Å²) in [6, 6.07) is 6.47. The molecular formula is C21H26O2. The number of hydrogen-bond acceptors (Lipinski definition) is 1. The van der Waals surface area contributed by atoms with Gasteiger partial charge in [0.25, 0.3) is 0 Å². The van der Waals surface area contributed by atoms with Crippen molar-refractivity contribution in [3.05, 3.63) is 47.0 Å². The minimum absolute atomic E-state index is 0.410. The molecule has 2 nitrogen and oxygen atoms in total. The molecule has 5 atom stereocenters. The number of benzene rings is 1. The fourth-order valence-corrected chi connectivity index (χ4v) is 5.50. The predicted octanol–water partition coefficient (Wildman–Crippen LogP) is 4.90. The first-order chi connectivity index (χ1) is 11.0. The van der Waals surface area contributed by atoms with Crippen LogP contribution in [0.25, 0.3) is 0 Å². The van der Waals surface area contributed by atoms with E-state index in [1.807, 2.05) is 0 Å². The van der Waals surface area contributed by atoms with Gasteiger partial charge in [-0.2, -0.15) is 0 Å². The highest BCUT2D eigenvalue weighted by Crippen LogP contribution is 2.58. The zero-order valence-electron chi connectivity index (χ0n) is 14.1. The van der Waals surface area contributed by atoms with E-state index < -0.39 is 11.9 Å². The van der Waals surface area contributed by atoms with Crippen LogP contribution in [-0.4, -0.2) is 11.1 Å². The Balaban J connectivity index is 1.65. The van der Waals surface area contributed by atoms with Crippen LogP contribution in [0.3, 0.4) is 0 Å². The van der Waals surface area contributed by atoms with Crippen LogP contribution >= 0.6 is 0 Å². The molecule has 3 aliphatic rings. The molecule has 0 bridgehead atoms. The summed E-state index contributed by atoms with van der Waals surface area (Å²) in [5.41, 5.74) is 4.30. The molecule has 1 aromatic carbocycles. The molecule has 2 heteroatoms. The lowest BCUT2D eigenvalue weighted by Crippen LogP contribution is -2.39. The van der Waals surface area contributed by atoms with Gasteiger partial charge in [0, 0.05) is 0 Å². The summed E-state index contributed by atoms with van der Waals surface area (Å²) in [7, 11) is 0. The third kappa shape index (κ3) is 2.26. The summed E-state index contributed by atoms with van der Waals surface area (Å²) in [4.78, 5) is 11.2. The Morgan fingerprint density at radius 1 is 1.35 bits per heavy atom. The summed E-state index contributed by atoms with van der Waals surface area (Å²) in [6.07, 6.45) is 11.1. The molecule has 4 rings (SSSR count). The van der Waals surface area contributed by atoms with E-state index in [0.717, 1.165) is 23.8 Å². The Morgan fingerprint density at radius 3 is 2.96 bits per heavy atom. The molecule has 23 heavy (non-hydrogen) atoms. The summed E-state index contributed by atoms with van der Waals surface area (Å²) in [5.74, 6) is 1.16. The average molecular weight is 310 g/mol. The first-order valence-electron chi connectivity index (χ1n) is 9.03. The van der Waals surface area contributed by atoms with Crippen molar-refractivity contribution in [3.63, 3.8) is 0 Å². The summed E-state index contributed by atoms with van der Waals surface area (Å²) in [6.45, 7) is 4.23. The zero-order valence-corrected chi connectivity index (χ0v) is 14.1. The van der Waals surface area contributed by atoms with Crippen molar-refractivity contribution in [2.45, 2.75) is 57.8 Å². The van der Waals surface area contributed by atoms with Gasteiger partial charge in [-0.05, 0) is 78.9 Å². The summed E-state index contributed by atoms with van der Waals surface area (Å²) in [5, 5.41) is 9.25. The van der Waals surface area contributed by atoms with Gasteiger partial charge in [0.2, 0.25) is 0 Å². The Bertz CT molecular complexity index is 674. The normalized spacial score (nSPS) is 36.0. The summed E-state index contributed by atoms with van der Waals surface area (Å²) >= 11 is 0. The predicted molar refractivity (Wildman–Crippen MR) is 91.6 cm³/mol. The number of fused-ring (bicyclic) bond motifs is 5. The molecule has 1 aromatic rings. The second-order valence-corrected chi connectivity index (χ2v) is 8.12. The second-order valence-electron chi connectivity index (χ2n) is 8.12. The van der Waals surface area contributed by atoms with Crippen molar-refractivity contribution in [2.75, 3.05) is 0 Å². The Morgan fingerprint density at radius 2 is 2.17 bits per heavy atom. The Kier molecular flexibility index (Phi) is 3.40. The zero-order chi connectivity index (χ0) is 16.2. The number of carboxylic acid groups (broad SMARTS) is 1. The van der Waals surface area contributed by atoms with Gasteiger partial charge in [-0.1, -0.05) is 37.3 Å². The highest BCUT2D eigenvalue weighted by molar-refractivity contribution is 5.75. The van der Waals surface area contributed by atoms with Crippen LogP contribution in [0.1, 0.15) is 68.1 Å². The molecule has 1 N–H and O–H groups in total. The van der Waals surface area contributed by atoms with Crippen LogP contribution in [0, 0.1) is 17.3 Å². The van der Waals surface area contributed by atoms with Gasteiger partial charge in [-0.15, -0.1) is 0 Å².